The molecule has 1 aliphatic heterocycles. The van der Waals surface area contributed by atoms with Gasteiger partial charge in [0.15, 0.2) is 0 Å². The molecule has 4 aliphatic rings. The second-order valence-corrected chi connectivity index (χ2v) is 12.9. The van der Waals surface area contributed by atoms with Crippen molar-refractivity contribution in [3.05, 3.63) is 48.4 Å². The van der Waals surface area contributed by atoms with Crippen molar-refractivity contribution in [3.63, 3.8) is 0 Å². The van der Waals surface area contributed by atoms with E-state index in [0.717, 1.165) is 18.4 Å². The Bertz CT molecular complexity index is 1220. The van der Waals surface area contributed by atoms with Crippen molar-refractivity contribution >= 4 is 18.9 Å². The molecule has 1 aromatic heterocycles. The molecule has 10 heteroatoms. The fourth-order valence-electron chi connectivity index (χ4n) is 6.91. The van der Waals surface area contributed by atoms with Gasteiger partial charge < -0.3 is 25.0 Å². The molecule has 0 radical (unpaired) electrons. The average molecular weight is 548 g/mol. The van der Waals surface area contributed by atoms with Crippen LogP contribution in [0.3, 0.4) is 0 Å². The summed E-state index contributed by atoms with van der Waals surface area (Å²) in [7, 11) is -0.599. The summed E-state index contributed by atoms with van der Waals surface area (Å²) < 4.78 is 13.1. The van der Waals surface area contributed by atoms with Gasteiger partial charge in [0.25, 0.3) is 5.91 Å². The fraction of sp³-hybridized carbons (Fsp3) is 0.600. The third-order valence-electron chi connectivity index (χ3n) is 9.36. The van der Waals surface area contributed by atoms with Gasteiger partial charge in [-0.2, -0.15) is 0 Å². The molecule has 1 aromatic carbocycles. The van der Waals surface area contributed by atoms with Crippen LogP contribution in [0, 0.1) is 23.2 Å². The normalized spacial score (nSPS) is 28.7. The van der Waals surface area contributed by atoms with Gasteiger partial charge in [-0.05, 0) is 56.3 Å². The van der Waals surface area contributed by atoms with Crippen LogP contribution in [0.25, 0.3) is 11.3 Å². The Kier molecular flexibility index (Phi) is 7.80. The Morgan fingerprint density at radius 3 is 2.40 bits per heavy atom. The summed E-state index contributed by atoms with van der Waals surface area (Å²) >= 11 is 0. The molecular formula is C30H41BN4O5. The number of hydrogen-bond acceptors (Lipinski definition) is 7. The van der Waals surface area contributed by atoms with Crippen LogP contribution in [0.15, 0.2) is 42.7 Å². The minimum Gasteiger partial charge on any atom is -0.404 e. The van der Waals surface area contributed by atoms with E-state index in [0.29, 0.717) is 24.0 Å². The van der Waals surface area contributed by atoms with Gasteiger partial charge in [-0.3, -0.25) is 14.6 Å². The minimum absolute atomic E-state index is 0.00876. The third kappa shape index (κ3) is 5.29. The van der Waals surface area contributed by atoms with E-state index in [2.05, 4.69) is 55.2 Å². The predicted molar refractivity (Wildman–Crippen MR) is 152 cm³/mol. The van der Waals surface area contributed by atoms with Crippen LogP contribution in [0.4, 0.5) is 0 Å². The van der Waals surface area contributed by atoms with Gasteiger partial charge in [0, 0.05) is 5.56 Å². The molecule has 40 heavy (non-hydrogen) atoms. The number of nitrogens with zero attached hydrogens (tertiary/aromatic N) is 2. The van der Waals surface area contributed by atoms with Crippen molar-refractivity contribution in [1.82, 2.24) is 20.6 Å². The zero-order valence-corrected chi connectivity index (χ0v) is 24.3. The lowest BCUT2D eigenvalue weighted by Gasteiger charge is -2.64. The van der Waals surface area contributed by atoms with Crippen LogP contribution in [0.1, 0.15) is 71.3 Å². The number of aliphatic hydroxyl groups is 1. The molecule has 7 atom stereocenters. The van der Waals surface area contributed by atoms with Crippen LogP contribution in [-0.4, -0.2) is 63.8 Å². The second kappa shape index (κ2) is 10.9. The first-order chi connectivity index (χ1) is 18.9. The Hall–Kier alpha value is -2.82. The van der Waals surface area contributed by atoms with E-state index in [1.165, 1.54) is 19.3 Å². The maximum atomic E-state index is 13.5. The molecule has 6 rings (SSSR count). The maximum absolute atomic E-state index is 13.5. The number of nitrogens with one attached hydrogen (secondary N) is 2. The first-order valence-corrected chi connectivity index (χ1v) is 14.4. The van der Waals surface area contributed by atoms with E-state index in [-0.39, 0.29) is 23.1 Å². The van der Waals surface area contributed by atoms with E-state index >= 15 is 0 Å². The zero-order chi connectivity index (χ0) is 28.8. The molecule has 4 fully saturated rings. The Morgan fingerprint density at radius 1 is 1.07 bits per heavy atom. The molecular weight excluding hydrogens is 507 g/mol. The molecule has 3 N–H and O–H groups in total. The van der Waals surface area contributed by atoms with Crippen LogP contribution in [-0.2, 0) is 14.1 Å². The number of carbonyl (C=O) groups is 2. The molecule has 9 nitrogen and oxygen atoms in total. The van der Waals surface area contributed by atoms with E-state index in [1.54, 1.807) is 0 Å². The van der Waals surface area contributed by atoms with E-state index < -0.39 is 42.6 Å². The first kappa shape index (κ1) is 28.7. The standard InChI is InChI=1S/C30H41BN4O5/c1-17(2)12-25(31-39-24-14-20-13-23(29(20,4)5)30(24,6)40-31)34-28(38)26(18(3)36)35-27(37)22-16-32-21(15-33-22)19-10-8-7-9-11-19/h7-11,15-18,20,23-26,36H,12-14H2,1-6H3,(H,34,38)(H,35,37)/t18-,20-,23+,24-,25+,26+,30+/m1/s1. The topological polar surface area (TPSA) is 123 Å². The summed E-state index contributed by atoms with van der Waals surface area (Å²) in [5.74, 6) is -0.240. The van der Waals surface area contributed by atoms with Crippen LogP contribution in [0.5, 0.6) is 0 Å². The Morgan fingerprint density at radius 2 is 1.80 bits per heavy atom. The lowest BCUT2D eigenvalue weighted by Crippen LogP contribution is -2.65. The van der Waals surface area contributed by atoms with Gasteiger partial charge in [0.2, 0.25) is 5.91 Å². The van der Waals surface area contributed by atoms with Crippen molar-refractivity contribution in [1.29, 1.82) is 0 Å². The number of aromatic nitrogens is 2. The van der Waals surface area contributed by atoms with Crippen molar-refractivity contribution in [3.8, 4) is 11.3 Å². The average Bonchev–Trinajstić information content (AvgIpc) is 3.28. The van der Waals surface area contributed by atoms with Gasteiger partial charge in [-0.1, -0.05) is 58.0 Å². The molecule has 3 aliphatic carbocycles. The maximum Gasteiger partial charge on any atom is 0.481 e. The highest BCUT2D eigenvalue weighted by atomic mass is 16.7. The molecule has 0 unspecified atom stereocenters. The highest BCUT2D eigenvalue weighted by Gasteiger charge is 2.68. The lowest BCUT2D eigenvalue weighted by molar-refractivity contribution is -0.199. The SMILES string of the molecule is CC(C)C[C@H](NC(=O)[C@@H](NC(=O)c1cnc(-c2ccccc2)cn1)[C@@H](C)O)B1O[C@@H]2C[C@H]3C[C@@H](C3(C)C)[C@]2(C)O1. The number of aliphatic hydroxyl groups excluding tert-OH is 1. The molecule has 2 aromatic rings. The summed E-state index contributed by atoms with van der Waals surface area (Å²) in [5.41, 5.74) is 1.38. The van der Waals surface area contributed by atoms with E-state index in [1.807, 2.05) is 30.3 Å². The zero-order valence-electron chi connectivity index (χ0n) is 24.3. The number of rotatable bonds is 9. The fourth-order valence-corrected chi connectivity index (χ4v) is 6.91. The van der Waals surface area contributed by atoms with E-state index in [9.17, 15) is 14.7 Å². The van der Waals surface area contributed by atoms with Crippen molar-refractivity contribution in [2.45, 2.75) is 90.6 Å². The number of hydrogen-bond donors (Lipinski definition) is 3. The number of carbonyl (C=O) groups excluding carboxylic acids is 2. The Balaban J connectivity index is 1.27. The molecule has 2 bridgehead atoms. The third-order valence-corrected chi connectivity index (χ3v) is 9.36. The quantitative estimate of drug-likeness (QED) is 0.411. The van der Waals surface area contributed by atoms with E-state index in [4.69, 9.17) is 9.31 Å². The molecule has 0 spiro atoms. The highest BCUT2D eigenvalue weighted by Crippen LogP contribution is 2.65. The van der Waals surface area contributed by atoms with Gasteiger partial charge in [-0.15, -0.1) is 0 Å². The molecule has 3 saturated carbocycles. The minimum atomic E-state index is -1.19. The van der Waals surface area contributed by atoms with Gasteiger partial charge in [0.1, 0.15) is 11.7 Å². The molecule has 2 amide bonds. The van der Waals surface area contributed by atoms with Crippen LogP contribution < -0.4 is 10.6 Å². The van der Waals surface area contributed by atoms with Gasteiger partial charge in [-0.25, -0.2) is 4.98 Å². The van der Waals surface area contributed by atoms with Crippen molar-refractivity contribution in [2.75, 3.05) is 0 Å². The van der Waals surface area contributed by atoms with Crippen LogP contribution in [0.2, 0.25) is 0 Å². The molecule has 214 valence electrons. The van der Waals surface area contributed by atoms with Crippen LogP contribution >= 0.6 is 0 Å². The second-order valence-electron chi connectivity index (χ2n) is 12.9. The van der Waals surface area contributed by atoms with Crippen molar-refractivity contribution < 1.29 is 24.0 Å². The molecule has 2 heterocycles. The highest BCUT2D eigenvalue weighted by molar-refractivity contribution is 6.48. The smallest absolute Gasteiger partial charge is 0.404 e. The van der Waals surface area contributed by atoms with Gasteiger partial charge in [0.05, 0.1) is 41.8 Å². The number of amides is 2. The summed E-state index contributed by atoms with van der Waals surface area (Å²) in [6.07, 6.45) is 4.46. The predicted octanol–water partition coefficient (Wildman–Crippen LogP) is 3.42. The number of benzene rings is 1. The first-order valence-electron chi connectivity index (χ1n) is 14.4. The summed E-state index contributed by atoms with van der Waals surface area (Å²) in [6.45, 7) is 12.4. The lowest BCUT2D eigenvalue weighted by atomic mass is 9.43. The molecule has 1 saturated heterocycles. The summed E-state index contributed by atoms with van der Waals surface area (Å²) in [5, 5.41) is 16.1. The Labute approximate surface area is 237 Å². The van der Waals surface area contributed by atoms with Crippen molar-refractivity contribution in [2.24, 2.45) is 23.2 Å². The van der Waals surface area contributed by atoms with Gasteiger partial charge >= 0.3 is 7.12 Å². The summed E-state index contributed by atoms with van der Waals surface area (Å²) in [6, 6.07) is 8.32. The monoisotopic (exact) mass is 548 g/mol. The largest absolute Gasteiger partial charge is 0.481 e. The summed E-state index contributed by atoms with van der Waals surface area (Å²) in [4.78, 5) is 35.0.